The highest BCUT2D eigenvalue weighted by Crippen LogP contribution is 2.33. The zero-order chi connectivity index (χ0) is 19.7. The van der Waals surface area contributed by atoms with E-state index in [0.29, 0.717) is 17.6 Å². The van der Waals surface area contributed by atoms with Crippen molar-refractivity contribution in [3.05, 3.63) is 86.8 Å². The van der Waals surface area contributed by atoms with Gasteiger partial charge in [0.25, 0.3) is 5.56 Å². The van der Waals surface area contributed by atoms with E-state index in [1.807, 2.05) is 35.7 Å². The van der Waals surface area contributed by atoms with Gasteiger partial charge in [0.05, 0.1) is 11.9 Å². The molecule has 0 aliphatic rings. The Morgan fingerprint density at radius 1 is 1.11 bits per heavy atom. The Morgan fingerprint density at radius 2 is 1.89 bits per heavy atom. The van der Waals surface area contributed by atoms with Gasteiger partial charge in [0.2, 0.25) is 0 Å². The average molecular weight is 385 g/mol. The Kier molecular flexibility index (Phi) is 4.85. The number of benzene rings is 2. The molecule has 3 nitrogen and oxygen atoms in total. The summed E-state index contributed by atoms with van der Waals surface area (Å²) in [6.45, 7) is 4.36. The van der Waals surface area contributed by atoms with E-state index in [9.17, 15) is 4.79 Å². The second-order valence-electron chi connectivity index (χ2n) is 6.93. The van der Waals surface area contributed by atoms with E-state index < -0.39 is 0 Å². The van der Waals surface area contributed by atoms with Crippen LogP contribution in [0.5, 0.6) is 0 Å². The van der Waals surface area contributed by atoms with Crippen molar-refractivity contribution in [2.24, 2.45) is 0 Å². The van der Waals surface area contributed by atoms with E-state index in [4.69, 9.17) is 11.4 Å². The van der Waals surface area contributed by atoms with E-state index in [1.54, 1.807) is 4.57 Å². The van der Waals surface area contributed by atoms with Gasteiger partial charge in [0, 0.05) is 17.4 Å². The van der Waals surface area contributed by atoms with Crippen molar-refractivity contribution in [2.75, 3.05) is 0 Å². The Morgan fingerprint density at radius 3 is 2.61 bits per heavy atom. The molecule has 4 rings (SSSR count). The fourth-order valence-electron chi connectivity index (χ4n) is 3.55. The number of nitrogens with zero attached hydrogens (tertiary/aromatic N) is 2. The first kappa shape index (κ1) is 18.2. The molecule has 0 spiro atoms. The molecule has 0 unspecified atom stereocenters. The first-order valence-corrected chi connectivity index (χ1v) is 10.0. The average Bonchev–Trinajstić information content (AvgIpc) is 3.09. The van der Waals surface area contributed by atoms with Gasteiger partial charge in [-0.2, -0.15) is 0 Å². The third kappa shape index (κ3) is 3.26. The molecule has 0 aliphatic carbocycles. The fraction of sp³-hybridized carbons (Fsp3) is 0.167. The van der Waals surface area contributed by atoms with Crippen LogP contribution in [-0.4, -0.2) is 9.55 Å². The molecule has 0 fully saturated rings. The van der Waals surface area contributed by atoms with Gasteiger partial charge in [-0.3, -0.25) is 9.36 Å². The molecule has 4 aromatic rings. The summed E-state index contributed by atoms with van der Waals surface area (Å²) in [4.78, 5) is 19.0. The van der Waals surface area contributed by atoms with Crippen LogP contribution in [-0.2, 0) is 13.0 Å². The summed E-state index contributed by atoms with van der Waals surface area (Å²) in [5.41, 5.74) is 5.39. The zero-order valence-corrected chi connectivity index (χ0v) is 16.7. The lowest BCUT2D eigenvalue weighted by Gasteiger charge is -2.11. The van der Waals surface area contributed by atoms with Crippen LogP contribution in [0.3, 0.4) is 0 Å². The molecule has 0 atom stereocenters. The van der Waals surface area contributed by atoms with Crippen LogP contribution < -0.4 is 5.56 Å². The van der Waals surface area contributed by atoms with Crippen molar-refractivity contribution < 1.29 is 0 Å². The summed E-state index contributed by atoms with van der Waals surface area (Å²) < 4.78 is 1.63. The SMILES string of the molecule is C#CCn1c(Cc2ccccc2)nc2scc(-c3ccc(C)cc3C)c2c1=O. The number of aromatic nitrogens is 2. The molecule has 0 N–H and O–H groups in total. The molecule has 0 amide bonds. The first-order valence-electron chi connectivity index (χ1n) is 9.14. The van der Waals surface area contributed by atoms with Gasteiger partial charge in [0.1, 0.15) is 10.7 Å². The number of hydrogen-bond acceptors (Lipinski definition) is 3. The zero-order valence-electron chi connectivity index (χ0n) is 15.9. The number of hydrogen-bond donors (Lipinski definition) is 0. The van der Waals surface area contributed by atoms with Gasteiger partial charge in [-0.25, -0.2) is 4.98 Å². The van der Waals surface area contributed by atoms with Crippen molar-refractivity contribution in [2.45, 2.75) is 26.8 Å². The standard InChI is InChI=1S/C24H20N2OS/c1-4-12-26-21(14-18-8-6-5-7-9-18)25-23-22(24(26)27)20(15-28-23)19-11-10-16(2)13-17(19)3/h1,5-11,13,15H,12,14H2,2-3H3. The van der Waals surface area contributed by atoms with Crippen molar-refractivity contribution in [1.29, 1.82) is 0 Å². The quantitative estimate of drug-likeness (QED) is 0.466. The molecule has 0 aliphatic heterocycles. The van der Waals surface area contributed by atoms with Gasteiger partial charge >= 0.3 is 0 Å². The first-order chi connectivity index (χ1) is 13.6. The number of fused-ring (bicyclic) bond motifs is 1. The fourth-order valence-corrected chi connectivity index (χ4v) is 4.50. The van der Waals surface area contributed by atoms with Crippen molar-refractivity contribution >= 4 is 21.6 Å². The van der Waals surface area contributed by atoms with Gasteiger partial charge in [0.15, 0.2) is 0 Å². The van der Waals surface area contributed by atoms with Crippen molar-refractivity contribution in [3.63, 3.8) is 0 Å². The van der Waals surface area contributed by atoms with Crippen LogP contribution in [0.25, 0.3) is 21.3 Å². The summed E-state index contributed by atoms with van der Waals surface area (Å²) in [6.07, 6.45) is 6.14. The number of aryl methyl sites for hydroxylation is 2. The lowest BCUT2D eigenvalue weighted by Crippen LogP contribution is -2.25. The summed E-state index contributed by atoms with van der Waals surface area (Å²) in [7, 11) is 0. The number of thiophene rings is 1. The second-order valence-corrected chi connectivity index (χ2v) is 7.79. The minimum atomic E-state index is -0.0647. The molecule has 0 radical (unpaired) electrons. The molecule has 2 aromatic carbocycles. The predicted octanol–water partition coefficient (Wildman–Crippen LogP) is 4.97. The summed E-state index contributed by atoms with van der Waals surface area (Å²) in [5, 5.41) is 2.69. The summed E-state index contributed by atoms with van der Waals surface area (Å²) in [6, 6.07) is 16.3. The van der Waals surface area contributed by atoms with Crippen molar-refractivity contribution in [3.8, 4) is 23.5 Å². The van der Waals surface area contributed by atoms with E-state index >= 15 is 0 Å². The largest absolute Gasteiger partial charge is 0.284 e. The lowest BCUT2D eigenvalue weighted by molar-refractivity contribution is 0.721. The number of terminal acetylenes is 1. The molecule has 2 heterocycles. The van der Waals surface area contributed by atoms with Crippen LogP contribution in [0, 0.1) is 26.2 Å². The summed E-state index contributed by atoms with van der Waals surface area (Å²) in [5.74, 6) is 3.32. The van der Waals surface area contributed by atoms with Crippen LogP contribution in [0.15, 0.2) is 58.7 Å². The Balaban J connectivity index is 1.92. The highest BCUT2D eigenvalue weighted by molar-refractivity contribution is 7.17. The van der Waals surface area contributed by atoms with E-state index in [2.05, 4.69) is 38.0 Å². The summed E-state index contributed by atoms with van der Waals surface area (Å²) >= 11 is 1.51. The van der Waals surface area contributed by atoms with Crippen LogP contribution in [0.4, 0.5) is 0 Å². The van der Waals surface area contributed by atoms with E-state index in [1.165, 1.54) is 16.9 Å². The van der Waals surface area contributed by atoms with Gasteiger partial charge < -0.3 is 0 Å². The van der Waals surface area contributed by atoms with Crippen LogP contribution in [0.1, 0.15) is 22.5 Å². The van der Waals surface area contributed by atoms with Crippen LogP contribution in [0.2, 0.25) is 0 Å². The third-order valence-corrected chi connectivity index (χ3v) is 5.77. The Hall–Kier alpha value is -3.16. The molecule has 0 saturated heterocycles. The molecular formula is C24H20N2OS. The highest BCUT2D eigenvalue weighted by atomic mass is 32.1. The normalized spacial score (nSPS) is 10.9. The lowest BCUT2D eigenvalue weighted by atomic mass is 9.99. The van der Waals surface area contributed by atoms with Gasteiger partial charge in [-0.1, -0.05) is 60.0 Å². The topological polar surface area (TPSA) is 34.9 Å². The maximum atomic E-state index is 13.4. The second kappa shape index (κ2) is 7.46. The van der Waals surface area contributed by atoms with Gasteiger partial charge in [-0.05, 0) is 30.5 Å². The predicted molar refractivity (Wildman–Crippen MR) is 117 cm³/mol. The van der Waals surface area contributed by atoms with Crippen LogP contribution >= 0.6 is 11.3 Å². The third-order valence-electron chi connectivity index (χ3n) is 4.90. The molecule has 4 heteroatoms. The highest BCUT2D eigenvalue weighted by Gasteiger charge is 2.18. The molecule has 138 valence electrons. The molecule has 0 bridgehead atoms. The maximum Gasteiger partial charge on any atom is 0.263 e. The molecule has 0 saturated carbocycles. The van der Waals surface area contributed by atoms with E-state index in [0.717, 1.165) is 27.1 Å². The maximum absolute atomic E-state index is 13.4. The molecule has 2 aromatic heterocycles. The number of rotatable bonds is 4. The monoisotopic (exact) mass is 384 g/mol. The van der Waals surface area contributed by atoms with Crippen molar-refractivity contribution in [1.82, 2.24) is 9.55 Å². The molecular weight excluding hydrogens is 364 g/mol. The minimum absolute atomic E-state index is 0.0647. The molecule has 28 heavy (non-hydrogen) atoms. The Bertz CT molecular complexity index is 1260. The van der Waals surface area contributed by atoms with E-state index in [-0.39, 0.29) is 12.1 Å². The Labute approximate surface area is 168 Å². The van der Waals surface area contributed by atoms with Gasteiger partial charge in [-0.15, -0.1) is 17.8 Å². The smallest absolute Gasteiger partial charge is 0.263 e. The minimum Gasteiger partial charge on any atom is -0.284 e.